The first-order valence-electron chi connectivity index (χ1n) is 6.98. The van der Waals surface area contributed by atoms with Crippen molar-refractivity contribution in [2.24, 2.45) is 17.8 Å². The number of hydrogen-bond donors (Lipinski definition) is 0. The highest BCUT2D eigenvalue weighted by molar-refractivity contribution is 7.26. The molecule has 3 unspecified atom stereocenters. The van der Waals surface area contributed by atoms with Gasteiger partial charge in [0.1, 0.15) is 0 Å². The summed E-state index contributed by atoms with van der Waals surface area (Å²) in [5.41, 5.74) is 0. The Hall–Kier alpha value is 0.100. The molecule has 0 saturated heterocycles. The maximum Gasteiger partial charge on any atom is 0.162 e. The Morgan fingerprint density at radius 2 is 1.88 bits per heavy atom. The van der Waals surface area contributed by atoms with E-state index in [0.717, 1.165) is 24.7 Å². The molecule has 0 spiro atoms. The van der Waals surface area contributed by atoms with E-state index in [0.29, 0.717) is 14.4 Å². The monoisotopic (exact) mass is 242 g/mol. The van der Waals surface area contributed by atoms with Crippen molar-refractivity contribution in [1.29, 1.82) is 0 Å². The zero-order valence-corrected chi connectivity index (χ0v) is 12.2. The van der Waals surface area contributed by atoms with Crippen LogP contribution in [0, 0.1) is 17.8 Å². The van der Waals surface area contributed by atoms with Crippen LogP contribution in [0.1, 0.15) is 66.2 Å². The van der Waals surface area contributed by atoms with E-state index < -0.39 is 0 Å². The molecule has 2 heteroatoms. The zero-order valence-electron chi connectivity index (χ0n) is 11.3. The summed E-state index contributed by atoms with van der Waals surface area (Å²) in [6.07, 6.45) is 7.38. The lowest BCUT2D eigenvalue weighted by molar-refractivity contribution is 0.303. The quantitative estimate of drug-likeness (QED) is 0.578. The summed E-state index contributed by atoms with van der Waals surface area (Å²) in [5.74, 6) is 2.43. The fraction of sp³-hybridized carbons (Fsp3) is 1.00. The standard InChI is InChI=1S/C14H27OP/c1-5-11(4)12-8-9-13(10-12)14(6-2,7-3)16-15/h11-13H,5-10H2,1-4H3. The summed E-state index contributed by atoms with van der Waals surface area (Å²) in [7, 11) is 0.387. The summed E-state index contributed by atoms with van der Waals surface area (Å²) in [6.45, 7) is 9.06. The Bertz CT molecular complexity index is 223. The predicted octanol–water partition coefficient (Wildman–Crippen LogP) is 5.30. The molecule has 0 N–H and O–H groups in total. The number of hydrogen-bond acceptors (Lipinski definition) is 1. The lowest BCUT2D eigenvalue weighted by Gasteiger charge is -2.31. The summed E-state index contributed by atoms with van der Waals surface area (Å²) in [4.78, 5) is 0. The molecule has 94 valence electrons. The van der Waals surface area contributed by atoms with E-state index >= 15 is 0 Å². The topological polar surface area (TPSA) is 17.1 Å². The minimum atomic E-state index is 0.0855. The van der Waals surface area contributed by atoms with Crippen LogP contribution in [0.4, 0.5) is 0 Å². The Kier molecular flexibility index (Phi) is 5.44. The minimum absolute atomic E-state index is 0.0855. The van der Waals surface area contributed by atoms with E-state index in [1.165, 1.54) is 25.7 Å². The first-order chi connectivity index (χ1) is 7.63. The van der Waals surface area contributed by atoms with Gasteiger partial charge in [-0.2, -0.15) is 0 Å². The van der Waals surface area contributed by atoms with E-state index in [1.54, 1.807) is 0 Å². The lowest BCUT2D eigenvalue weighted by atomic mass is 9.83. The van der Waals surface area contributed by atoms with Crippen LogP contribution in [-0.2, 0) is 4.57 Å². The molecule has 0 aromatic heterocycles. The molecule has 0 aromatic rings. The van der Waals surface area contributed by atoms with Gasteiger partial charge in [0.2, 0.25) is 0 Å². The maximum absolute atomic E-state index is 11.5. The van der Waals surface area contributed by atoms with Gasteiger partial charge in [-0.25, -0.2) is 0 Å². The summed E-state index contributed by atoms with van der Waals surface area (Å²) in [6, 6.07) is 0. The van der Waals surface area contributed by atoms with Crippen molar-refractivity contribution >= 4 is 8.46 Å². The molecular formula is C14H27OP. The van der Waals surface area contributed by atoms with Crippen molar-refractivity contribution in [3.05, 3.63) is 0 Å². The molecule has 0 aliphatic heterocycles. The lowest BCUT2D eigenvalue weighted by Crippen LogP contribution is -2.29. The molecule has 1 saturated carbocycles. The van der Waals surface area contributed by atoms with Gasteiger partial charge in [-0.3, -0.25) is 4.57 Å². The normalized spacial score (nSPS) is 28.5. The summed E-state index contributed by atoms with van der Waals surface area (Å²) < 4.78 is 11.5. The molecule has 1 aliphatic carbocycles. The molecule has 1 fully saturated rings. The van der Waals surface area contributed by atoms with Crippen molar-refractivity contribution in [3.63, 3.8) is 0 Å². The van der Waals surface area contributed by atoms with Crippen molar-refractivity contribution in [1.82, 2.24) is 0 Å². The molecule has 1 nitrogen and oxygen atoms in total. The van der Waals surface area contributed by atoms with Gasteiger partial charge in [-0.1, -0.05) is 34.1 Å². The van der Waals surface area contributed by atoms with E-state index in [9.17, 15) is 4.57 Å². The van der Waals surface area contributed by atoms with Gasteiger partial charge in [0.25, 0.3) is 0 Å². The van der Waals surface area contributed by atoms with Gasteiger partial charge in [0.05, 0.1) is 5.16 Å². The van der Waals surface area contributed by atoms with Gasteiger partial charge in [0.15, 0.2) is 8.46 Å². The smallest absolute Gasteiger partial charge is 0.162 e. The van der Waals surface area contributed by atoms with E-state index in [1.807, 2.05) is 0 Å². The van der Waals surface area contributed by atoms with Gasteiger partial charge < -0.3 is 0 Å². The average Bonchev–Trinajstić information content (AvgIpc) is 2.81. The van der Waals surface area contributed by atoms with Gasteiger partial charge in [-0.05, 0) is 49.9 Å². The van der Waals surface area contributed by atoms with Crippen molar-refractivity contribution < 1.29 is 4.57 Å². The first-order valence-corrected chi connectivity index (χ1v) is 7.79. The highest BCUT2D eigenvalue weighted by Gasteiger charge is 2.41. The summed E-state index contributed by atoms with van der Waals surface area (Å²) >= 11 is 0. The van der Waals surface area contributed by atoms with Crippen molar-refractivity contribution in [2.45, 2.75) is 71.4 Å². The second kappa shape index (κ2) is 6.15. The fourth-order valence-corrected chi connectivity index (χ4v) is 4.03. The van der Waals surface area contributed by atoms with Crippen LogP contribution in [0.15, 0.2) is 0 Å². The summed E-state index contributed by atoms with van der Waals surface area (Å²) in [5, 5.41) is 0.0855. The van der Waals surface area contributed by atoms with Crippen LogP contribution in [-0.4, -0.2) is 5.16 Å². The maximum atomic E-state index is 11.5. The van der Waals surface area contributed by atoms with Gasteiger partial charge in [0, 0.05) is 0 Å². The molecule has 0 radical (unpaired) electrons. The molecule has 1 rings (SSSR count). The molecule has 0 aromatic carbocycles. The van der Waals surface area contributed by atoms with Crippen LogP contribution in [0.5, 0.6) is 0 Å². The third-order valence-electron chi connectivity index (χ3n) is 5.09. The molecule has 1 aliphatic rings. The van der Waals surface area contributed by atoms with Gasteiger partial charge in [-0.15, -0.1) is 0 Å². The predicted molar refractivity (Wildman–Crippen MR) is 71.2 cm³/mol. The zero-order chi connectivity index (χ0) is 12.2. The van der Waals surface area contributed by atoms with Crippen molar-refractivity contribution in [3.8, 4) is 0 Å². The van der Waals surface area contributed by atoms with Crippen LogP contribution in [0.2, 0.25) is 0 Å². The van der Waals surface area contributed by atoms with E-state index in [4.69, 9.17) is 0 Å². The molecule has 16 heavy (non-hydrogen) atoms. The van der Waals surface area contributed by atoms with Crippen LogP contribution in [0.3, 0.4) is 0 Å². The van der Waals surface area contributed by atoms with E-state index in [2.05, 4.69) is 27.7 Å². The Morgan fingerprint density at radius 3 is 2.31 bits per heavy atom. The second-order valence-electron chi connectivity index (χ2n) is 5.56. The third-order valence-corrected chi connectivity index (χ3v) is 6.45. The Labute approximate surface area is 103 Å². The molecule has 0 amide bonds. The highest BCUT2D eigenvalue weighted by Crippen LogP contribution is 2.49. The average molecular weight is 242 g/mol. The van der Waals surface area contributed by atoms with Crippen LogP contribution >= 0.6 is 8.46 Å². The third kappa shape index (κ3) is 2.67. The largest absolute Gasteiger partial charge is 0.274 e. The molecular weight excluding hydrogens is 215 g/mol. The molecule has 0 bridgehead atoms. The first kappa shape index (κ1) is 14.2. The Balaban J connectivity index is 2.66. The number of rotatable bonds is 6. The molecule has 0 heterocycles. The fourth-order valence-electron chi connectivity index (χ4n) is 3.39. The van der Waals surface area contributed by atoms with Gasteiger partial charge >= 0.3 is 0 Å². The van der Waals surface area contributed by atoms with Crippen LogP contribution in [0.25, 0.3) is 0 Å². The second-order valence-corrected chi connectivity index (χ2v) is 6.63. The highest BCUT2D eigenvalue weighted by atomic mass is 31.1. The molecule has 3 atom stereocenters. The Morgan fingerprint density at radius 1 is 1.25 bits per heavy atom. The SMILES string of the molecule is CCC(C)C1CCC(C(CC)(CC)P=O)C1. The van der Waals surface area contributed by atoms with Crippen LogP contribution < -0.4 is 0 Å². The van der Waals surface area contributed by atoms with Crippen molar-refractivity contribution in [2.75, 3.05) is 0 Å². The minimum Gasteiger partial charge on any atom is -0.274 e. The van der Waals surface area contributed by atoms with E-state index in [-0.39, 0.29) is 5.16 Å².